The van der Waals surface area contributed by atoms with Gasteiger partial charge in [0.05, 0.1) is 24.1 Å². The van der Waals surface area contributed by atoms with E-state index in [2.05, 4.69) is 15.5 Å². The van der Waals surface area contributed by atoms with Crippen molar-refractivity contribution in [3.63, 3.8) is 0 Å². The molecule has 9 heteroatoms. The van der Waals surface area contributed by atoms with Crippen LogP contribution in [0.15, 0.2) is 53.2 Å². The van der Waals surface area contributed by atoms with E-state index in [1.807, 2.05) is 6.07 Å². The Labute approximate surface area is 164 Å². The highest BCUT2D eigenvalue weighted by atomic mass is 19.4. The van der Waals surface area contributed by atoms with Gasteiger partial charge in [0.25, 0.3) is 0 Å². The van der Waals surface area contributed by atoms with Crippen LogP contribution in [0.1, 0.15) is 22.6 Å². The van der Waals surface area contributed by atoms with Crippen LogP contribution in [-0.4, -0.2) is 27.5 Å². The van der Waals surface area contributed by atoms with Gasteiger partial charge in [0, 0.05) is 30.5 Å². The van der Waals surface area contributed by atoms with Crippen molar-refractivity contribution in [2.75, 3.05) is 11.9 Å². The van der Waals surface area contributed by atoms with Crippen LogP contribution in [0, 0.1) is 0 Å². The molecular formula is C20H17F3N4O2. The normalized spacial score (nSPS) is 13.8. The summed E-state index contributed by atoms with van der Waals surface area (Å²) in [5.74, 6) is 0.858. The van der Waals surface area contributed by atoms with Crippen LogP contribution < -0.4 is 5.32 Å². The van der Waals surface area contributed by atoms with Crippen molar-refractivity contribution >= 4 is 17.4 Å². The van der Waals surface area contributed by atoms with Crippen LogP contribution in [0.2, 0.25) is 0 Å². The predicted octanol–water partition coefficient (Wildman–Crippen LogP) is 3.96. The molecule has 0 spiro atoms. The quantitative estimate of drug-likeness (QED) is 0.715. The van der Waals surface area contributed by atoms with Crippen LogP contribution in [0.25, 0.3) is 0 Å². The molecule has 3 aromatic rings. The van der Waals surface area contributed by atoms with E-state index in [1.165, 1.54) is 12.1 Å². The summed E-state index contributed by atoms with van der Waals surface area (Å²) in [7, 11) is 0. The van der Waals surface area contributed by atoms with E-state index in [9.17, 15) is 18.0 Å². The van der Waals surface area contributed by atoms with Gasteiger partial charge < -0.3 is 14.7 Å². The third kappa shape index (κ3) is 4.23. The number of halogens is 3. The van der Waals surface area contributed by atoms with Crippen molar-refractivity contribution in [2.45, 2.75) is 25.6 Å². The standard InChI is InChI=1S/C20H17F3N4O2/c21-20(22,23)13-4-3-6-15(10-13)25-19-16-12-27(9-7-17(16)29-26-19)18(28)11-14-5-1-2-8-24-14/h1-6,8,10H,7,9,11-12H2,(H,25,26). The molecule has 29 heavy (non-hydrogen) atoms. The Hall–Kier alpha value is -3.36. The molecule has 1 aliphatic heterocycles. The number of nitrogens with one attached hydrogen (secondary N) is 1. The summed E-state index contributed by atoms with van der Waals surface area (Å²) in [4.78, 5) is 18.5. The highest BCUT2D eigenvalue weighted by molar-refractivity contribution is 5.79. The lowest BCUT2D eigenvalue weighted by atomic mass is 10.1. The predicted molar refractivity (Wildman–Crippen MR) is 98.3 cm³/mol. The number of fused-ring (bicyclic) bond motifs is 1. The van der Waals surface area contributed by atoms with Gasteiger partial charge in [-0.2, -0.15) is 13.2 Å². The second-order valence-corrected chi connectivity index (χ2v) is 6.70. The minimum absolute atomic E-state index is 0.0828. The Morgan fingerprint density at radius 1 is 1.21 bits per heavy atom. The van der Waals surface area contributed by atoms with E-state index in [0.717, 1.165) is 12.1 Å². The number of anilines is 2. The molecule has 1 aliphatic rings. The molecule has 0 radical (unpaired) electrons. The molecule has 4 rings (SSSR count). The van der Waals surface area contributed by atoms with Crippen molar-refractivity contribution in [3.05, 3.63) is 71.2 Å². The molecule has 0 fully saturated rings. The second kappa shape index (κ2) is 7.57. The first-order chi connectivity index (χ1) is 13.9. The SMILES string of the molecule is O=C(Cc1ccccn1)N1CCc2onc(Nc3cccc(C(F)(F)F)c3)c2C1. The van der Waals surface area contributed by atoms with Gasteiger partial charge in [-0.1, -0.05) is 17.3 Å². The van der Waals surface area contributed by atoms with Crippen molar-refractivity contribution in [3.8, 4) is 0 Å². The molecule has 1 amide bonds. The van der Waals surface area contributed by atoms with Crippen LogP contribution in [0.5, 0.6) is 0 Å². The number of rotatable bonds is 4. The van der Waals surface area contributed by atoms with Crippen LogP contribution >= 0.6 is 0 Å². The average molecular weight is 402 g/mol. The molecule has 2 aromatic heterocycles. The lowest BCUT2D eigenvalue weighted by Gasteiger charge is -2.26. The molecule has 0 bridgehead atoms. The second-order valence-electron chi connectivity index (χ2n) is 6.70. The molecule has 1 aromatic carbocycles. The van der Waals surface area contributed by atoms with Gasteiger partial charge in [-0.25, -0.2) is 0 Å². The molecule has 0 saturated carbocycles. The topological polar surface area (TPSA) is 71.3 Å². The van der Waals surface area contributed by atoms with Gasteiger partial charge >= 0.3 is 6.18 Å². The third-order valence-corrected chi connectivity index (χ3v) is 4.69. The van der Waals surface area contributed by atoms with Crippen molar-refractivity contribution in [2.24, 2.45) is 0 Å². The Morgan fingerprint density at radius 2 is 2.07 bits per heavy atom. The molecular weight excluding hydrogens is 385 g/mol. The summed E-state index contributed by atoms with van der Waals surface area (Å²) >= 11 is 0. The summed E-state index contributed by atoms with van der Waals surface area (Å²) in [5.41, 5.74) is 0.832. The number of nitrogens with zero attached hydrogens (tertiary/aromatic N) is 3. The van der Waals surface area contributed by atoms with Gasteiger partial charge in [-0.05, 0) is 30.3 Å². The van der Waals surface area contributed by atoms with Crippen molar-refractivity contribution in [1.29, 1.82) is 0 Å². The number of hydrogen-bond donors (Lipinski definition) is 1. The Morgan fingerprint density at radius 3 is 2.83 bits per heavy atom. The van der Waals surface area contributed by atoms with Gasteiger partial charge in [-0.3, -0.25) is 9.78 Å². The van der Waals surface area contributed by atoms with E-state index in [0.29, 0.717) is 35.8 Å². The van der Waals surface area contributed by atoms with E-state index in [4.69, 9.17) is 4.52 Å². The summed E-state index contributed by atoms with van der Waals surface area (Å²) in [6, 6.07) is 10.2. The zero-order chi connectivity index (χ0) is 20.4. The van der Waals surface area contributed by atoms with E-state index in [1.54, 1.807) is 23.2 Å². The minimum atomic E-state index is -4.43. The number of carbonyl (C=O) groups is 1. The van der Waals surface area contributed by atoms with Gasteiger partial charge in [0.1, 0.15) is 5.76 Å². The van der Waals surface area contributed by atoms with E-state index < -0.39 is 11.7 Å². The number of alkyl halides is 3. The molecule has 0 unspecified atom stereocenters. The van der Waals surface area contributed by atoms with Crippen LogP contribution in [0.3, 0.4) is 0 Å². The van der Waals surface area contributed by atoms with Gasteiger partial charge in [0.2, 0.25) is 5.91 Å². The average Bonchev–Trinajstić information content (AvgIpc) is 3.10. The number of pyridine rings is 1. The molecule has 1 N–H and O–H groups in total. The Bertz CT molecular complexity index is 1020. The highest BCUT2D eigenvalue weighted by Gasteiger charge is 2.31. The lowest BCUT2D eigenvalue weighted by Crippen LogP contribution is -2.36. The zero-order valence-electron chi connectivity index (χ0n) is 15.2. The smallest absolute Gasteiger partial charge is 0.359 e. The first kappa shape index (κ1) is 19.0. The fourth-order valence-electron chi connectivity index (χ4n) is 3.20. The summed E-state index contributed by atoms with van der Waals surface area (Å²) < 4.78 is 44.1. The van der Waals surface area contributed by atoms with E-state index >= 15 is 0 Å². The Balaban J connectivity index is 1.50. The number of benzene rings is 1. The maximum atomic E-state index is 12.9. The van der Waals surface area contributed by atoms with Gasteiger partial charge in [-0.15, -0.1) is 0 Å². The molecule has 6 nitrogen and oxygen atoms in total. The van der Waals surface area contributed by atoms with Crippen LogP contribution in [0.4, 0.5) is 24.7 Å². The highest BCUT2D eigenvalue weighted by Crippen LogP contribution is 2.33. The Kier molecular flexibility index (Phi) is 4.96. The lowest BCUT2D eigenvalue weighted by molar-refractivity contribution is -0.137. The minimum Gasteiger partial charge on any atom is -0.359 e. The van der Waals surface area contributed by atoms with Crippen molar-refractivity contribution in [1.82, 2.24) is 15.0 Å². The summed E-state index contributed by atoms with van der Waals surface area (Å²) in [6.07, 6.45) is -2.14. The first-order valence-corrected chi connectivity index (χ1v) is 8.99. The summed E-state index contributed by atoms with van der Waals surface area (Å²) in [6.45, 7) is 0.753. The molecule has 0 saturated heterocycles. The largest absolute Gasteiger partial charge is 0.416 e. The molecule has 0 aliphatic carbocycles. The third-order valence-electron chi connectivity index (χ3n) is 4.69. The van der Waals surface area contributed by atoms with Crippen molar-refractivity contribution < 1.29 is 22.5 Å². The van der Waals surface area contributed by atoms with Gasteiger partial charge in [0.15, 0.2) is 5.82 Å². The zero-order valence-corrected chi connectivity index (χ0v) is 15.2. The maximum absolute atomic E-state index is 12.9. The number of hydrogen-bond acceptors (Lipinski definition) is 5. The number of amides is 1. The van der Waals surface area contributed by atoms with Crippen LogP contribution in [-0.2, 0) is 30.4 Å². The number of aromatic nitrogens is 2. The number of carbonyl (C=O) groups excluding carboxylic acids is 1. The molecule has 150 valence electrons. The molecule has 3 heterocycles. The van der Waals surface area contributed by atoms with E-state index in [-0.39, 0.29) is 24.6 Å². The maximum Gasteiger partial charge on any atom is 0.416 e. The fraction of sp³-hybridized carbons (Fsp3) is 0.250. The summed E-state index contributed by atoms with van der Waals surface area (Å²) in [5, 5.41) is 6.82. The fourth-order valence-corrected chi connectivity index (χ4v) is 3.20. The molecule has 0 atom stereocenters. The monoisotopic (exact) mass is 402 g/mol. The first-order valence-electron chi connectivity index (χ1n) is 8.99.